The number of nitrogens with zero attached hydrogens (tertiary/aromatic N) is 1. The molecule has 1 atom stereocenters. The van der Waals surface area contributed by atoms with Crippen molar-refractivity contribution in [2.24, 2.45) is 5.92 Å². The average molecular weight is 242 g/mol. The molecule has 0 bridgehead atoms. The van der Waals surface area contributed by atoms with E-state index in [-0.39, 0.29) is 5.91 Å². The second-order valence-corrected chi connectivity index (χ2v) is 5.27. The van der Waals surface area contributed by atoms with Crippen molar-refractivity contribution in [2.45, 2.75) is 19.8 Å². The van der Waals surface area contributed by atoms with Crippen LogP contribution < -0.4 is 0 Å². The molecular formula is C15H18N2O. The first-order valence-electron chi connectivity index (χ1n) is 6.57. The molecule has 3 nitrogen and oxygen atoms in total. The number of carbonyl (C=O) groups is 1. The number of benzene rings is 1. The molecule has 1 N–H and O–H groups in total. The lowest BCUT2D eigenvalue weighted by Gasteiger charge is -2.15. The summed E-state index contributed by atoms with van der Waals surface area (Å²) in [5.41, 5.74) is 2.21. The minimum Gasteiger partial charge on any atom is -0.361 e. The van der Waals surface area contributed by atoms with Gasteiger partial charge >= 0.3 is 0 Å². The molecule has 1 aliphatic rings. The molecule has 1 amide bonds. The van der Waals surface area contributed by atoms with Gasteiger partial charge in [-0.25, -0.2) is 0 Å². The van der Waals surface area contributed by atoms with Crippen molar-refractivity contribution in [1.29, 1.82) is 0 Å². The van der Waals surface area contributed by atoms with Crippen LogP contribution in [-0.2, 0) is 11.2 Å². The van der Waals surface area contributed by atoms with Gasteiger partial charge in [-0.05, 0) is 24.0 Å². The van der Waals surface area contributed by atoms with E-state index in [1.165, 1.54) is 0 Å². The van der Waals surface area contributed by atoms with E-state index in [2.05, 4.69) is 18.0 Å². The van der Waals surface area contributed by atoms with Gasteiger partial charge in [0.05, 0.1) is 6.42 Å². The Kier molecular flexibility index (Phi) is 2.82. The van der Waals surface area contributed by atoms with Crippen LogP contribution in [-0.4, -0.2) is 28.9 Å². The Hall–Kier alpha value is -1.77. The van der Waals surface area contributed by atoms with E-state index in [1.54, 1.807) is 0 Å². The van der Waals surface area contributed by atoms with Crippen molar-refractivity contribution in [3.8, 4) is 0 Å². The Balaban J connectivity index is 1.78. The van der Waals surface area contributed by atoms with Crippen molar-refractivity contribution in [3.05, 3.63) is 36.0 Å². The highest BCUT2D eigenvalue weighted by molar-refractivity contribution is 5.88. The minimum atomic E-state index is 0.254. The first kappa shape index (κ1) is 11.3. The molecule has 0 saturated carbocycles. The summed E-state index contributed by atoms with van der Waals surface area (Å²) in [7, 11) is 0. The van der Waals surface area contributed by atoms with Crippen molar-refractivity contribution in [1.82, 2.24) is 9.88 Å². The Morgan fingerprint density at radius 3 is 3.06 bits per heavy atom. The van der Waals surface area contributed by atoms with Crippen molar-refractivity contribution in [3.63, 3.8) is 0 Å². The Labute approximate surface area is 107 Å². The molecule has 1 unspecified atom stereocenters. The lowest BCUT2D eigenvalue weighted by atomic mass is 10.1. The molecule has 0 aliphatic carbocycles. The third-order valence-electron chi connectivity index (χ3n) is 3.79. The van der Waals surface area contributed by atoms with E-state index in [1.807, 2.05) is 29.3 Å². The summed E-state index contributed by atoms with van der Waals surface area (Å²) in [5.74, 6) is 0.904. The summed E-state index contributed by atoms with van der Waals surface area (Å²) in [4.78, 5) is 17.4. The number of amides is 1. The van der Waals surface area contributed by atoms with Crippen LogP contribution in [0.3, 0.4) is 0 Å². The molecule has 2 aromatic rings. The first-order chi connectivity index (χ1) is 8.74. The molecule has 3 heteroatoms. The Morgan fingerprint density at radius 2 is 2.28 bits per heavy atom. The number of aromatic amines is 1. The van der Waals surface area contributed by atoms with Crippen LogP contribution in [0.5, 0.6) is 0 Å². The number of para-hydroxylation sites is 1. The summed E-state index contributed by atoms with van der Waals surface area (Å²) in [6.45, 7) is 4.04. The van der Waals surface area contributed by atoms with Crippen LogP contribution in [0.15, 0.2) is 30.5 Å². The SMILES string of the molecule is CC1CCN(C(=O)Cc2c[nH]c3ccccc23)C1. The first-order valence-corrected chi connectivity index (χ1v) is 6.57. The van der Waals surface area contributed by atoms with Crippen molar-refractivity contribution in [2.75, 3.05) is 13.1 Å². The zero-order chi connectivity index (χ0) is 12.5. The molecular weight excluding hydrogens is 224 g/mol. The zero-order valence-electron chi connectivity index (χ0n) is 10.6. The monoisotopic (exact) mass is 242 g/mol. The average Bonchev–Trinajstić information content (AvgIpc) is 2.97. The van der Waals surface area contributed by atoms with Crippen LogP contribution in [0.4, 0.5) is 0 Å². The number of aromatic nitrogens is 1. The van der Waals surface area contributed by atoms with Gasteiger partial charge in [0.25, 0.3) is 0 Å². The summed E-state index contributed by atoms with van der Waals surface area (Å²) >= 11 is 0. The number of hydrogen-bond acceptors (Lipinski definition) is 1. The van der Waals surface area contributed by atoms with Crippen LogP contribution in [0.1, 0.15) is 18.9 Å². The minimum absolute atomic E-state index is 0.254. The highest BCUT2D eigenvalue weighted by Gasteiger charge is 2.23. The molecule has 0 spiro atoms. The molecule has 2 heterocycles. The van der Waals surface area contributed by atoms with E-state index in [0.29, 0.717) is 12.3 Å². The van der Waals surface area contributed by atoms with Gasteiger partial charge in [0.15, 0.2) is 0 Å². The summed E-state index contributed by atoms with van der Waals surface area (Å²) < 4.78 is 0. The van der Waals surface area contributed by atoms with Gasteiger partial charge in [0.2, 0.25) is 5.91 Å². The third kappa shape index (κ3) is 2.01. The van der Waals surface area contributed by atoms with Crippen LogP contribution in [0.25, 0.3) is 10.9 Å². The maximum atomic E-state index is 12.2. The molecule has 1 aromatic heterocycles. The molecule has 1 saturated heterocycles. The van der Waals surface area contributed by atoms with E-state index < -0.39 is 0 Å². The lowest BCUT2D eigenvalue weighted by molar-refractivity contribution is -0.129. The summed E-state index contributed by atoms with van der Waals surface area (Å²) in [5, 5.41) is 1.16. The number of H-pyrrole nitrogens is 1. The van der Waals surface area contributed by atoms with E-state index in [0.717, 1.165) is 36.0 Å². The van der Waals surface area contributed by atoms with Gasteiger partial charge in [0.1, 0.15) is 0 Å². The predicted octanol–water partition coefficient (Wildman–Crippen LogP) is 2.58. The molecule has 1 aliphatic heterocycles. The Morgan fingerprint density at radius 1 is 1.44 bits per heavy atom. The number of carbonyl (C=O) groups excluding carboxylic acids is 1. The number of nitrogens with one attached hydrogen (secondary N) is 1. The van der Waals surface area contributed by atoms with Crippen molar-refractivity contribution >= 4 is 16.8 Å². The number of fused-ring (bicyclic) bond motifs is 1. The fourth-order valence-corrected chi connectivity index (χ4v) is 2.71. The standard InChI is InChI=1S/C15H18N2O/c1-11-6-7-17(10-11)15(18)8-12-9-16-14-5-3-2-4-13(12)14/h2-5,9,11,16H,6-8,10H2,1H3. The van der Waals surface area contributed by atoms with Gasteiger partial charge < -0.3 is 9.88 Å². The summed E-state index contributed by atoms with van der Waals surface area (Å²) in [6.07, 6.45) is 3.61. The third-order valence-corrected chi connectivity index (χ3v) is 3.79. The molecule has 18 heavy (non-hydrogen) atoms. The van der Waals surface area contributed by atoms with Gasteiger partial charge in [-0.2, -0.15) is 0 Å². The number of rotatable bonds is 2. The maximum Gasteiger partial charge on any atom is 0.227 e. The molecule has 0 radical (unpaired) electrons. The fourth-order valence-electron chi connectivity index (χ4n) is 2.71. The largest absolute Gasteiger partial charge is 0.361 e. The topological polar surface area (TPSA) is 36.1 Å². The van der Waals surface area contributed by atoms with Crippen LogP contribution in [0, 0.1) is 5.92 Å². The normalized spacial score (nSPS) is 19.6. The quantitative estimate of drug-likeness (QED) is 0.863. The fraction of sp³-hybridized carbons (Fsp3) is 0.400. The predicted molar refractivity (Wildman–Crippen MR) is 72.4 cm³/mol. The summed E-state index contributed by atoms with van der Waals surface area (Å²) in [6, 6.07) is 8.14. The highest BCUT2D eigenvalue weighted by Crippen LogP contribution is 2.21. The maximum absolute atomic E-state index is 12.2. The zero-order valence-corrected chi connectivity index (χ0v) is 10.6. The van der Waals surface area contributed by atoms with Gasteiger partial charge in [-0.3, -0.25) is 4.79 Å². The molecule has 3 rings (SSSR count). The number of hydrogen-bond donors (Lipinski definition) is 1. The van der Waals surface area contributed by atoms with Gasteiger partial charge in [-0.15, -0.1) is 0 Å². The Bertz CT molecular complexity index is 573. The lowest BCUT2D eigenvalue weighted by Crippen LogP contribution is -2.29. The number of likely N-dealkylation sites (tertiary alicyclic amines) is 1. The van der Waals surface area contributed by atoms with Crippen LogP contribution >= 0.6 is 0 Å². The van der Waals surface area contributed by atoms with Crippen LogP contribution in [0.2, 0.25) is 0 Å². The van der Waals surface area contributed by atoms with E-state index >= 15 is 0 Å². The smallest absolute Gasteiger partial charge is 0.227 e. The molecule has 94 valence electrons. The van der Waals surface area contributed by atoms with Gasteiger partial charge in [-0.1, -0.05) is 25.1 Å². The second-order valence-electron chi connectivity index (χ2n) is 5.27. The van der Waals surface area contributed by atoms with Gasteiger partial charge in [0, 0.05) is 30.2 Å². The molecule has 1 aromatic carbocycles. The molecule has 1 fully saturated rings. The van der Waals surface area contributed by atoms with E-state index in [4.69, 9.17) is 0 Å². The van der Waals surface area contributed by atoms with E-state index in [9.17, 15) is 4.79 Å². The van der Waals surface area contributed by atoms with Crippen molar-refractivity contribution < 1.29 is 4.79 Å². The highest BCUT2D eigenvalue weighted by atomic mass is 16.2. The second kappa shape index (κ2) is 4.48.